The topological polar surface area (TPSA) is 124 Å². The third-order valence-electron chi connectivity index (χ3n) is 4.71. The third kappa shape index (κ3) is 4.72. The summed E-state index contributed by atoms with van der Waals surface area (Å²) in [5.41, 5.74) is -0.220. The van der Waals surface area contributed by atoms with E-state index < -0.39 is 22.7 Å². The standard InChI is InChI=1S/C21H23NO7.ClH/c1-3-22(4-2)5-6-28-13-9-14(23)20-15(24)11-18(29-19(20)10-13)12-7-16(25)21(27)17(26)8-12;/h7-11,23,25-27H,3-6H2,1-2H3;1H. The molecule has 3 aromatic rings. The molecule has 0 spiro atoms. The fourth-order valence-electron chi connectivity index (χ4n) is 3.05. The fourth-order valence-corrected chi connectivity index (χ4v) is 3.05. The van der Waals surface area contributed by atoms with E-state index in [0.717, 1.165) is 31.3 Å². The van der Waals surface area contributed by atoms with Crippen molar-refractivity contribution in [1.82, 2.24) is 4.90 Å². The van der Waals surface area contributed by atoms with Gasteiger partial charge in [-0.05, 0) is 25.2 Å². The van der Waals surface area contributed by atoms with Gasteiger partial charge in [0.15, 0.2) is 22.7 Å². The Bertz CT molecular complexity index is 1070. The van der Waals surface area contributed by atoms with Gasteiger partial charge in [0.2, 0.25) is 0 Å². The maximum absolute atomic E-state index is 12.5. The Hall–Kier alpha value is -3.10. The SMILES string of the molecule is CCN(CC)CCOc1cc(O)c2c(=O)cc(-c3cc(O)c(O)c(O)c3)oc2c1.Cl. The number of aromatic hydroxyl groups is 4. The summed E-state index contributed by atoms with van der Waals surface area (Å²) in [6.07, 6.45) is 0. The number of likely N-dealkylation sites (N-methyl/N-ethyl adjacent to an activating group) is 1. The second-order valence-corrected chi connectivity index (χ2v) is 6.53. The quantitative estimate of drug-likeness (QED) is 0.414. The van der Waals surface area contributed by atoms with Crippen molar-refractivity contribution in [2.45, 2.75) is 13.8 Å². The lowest BCUT2D eigenvalue weighted by molar-refractivity contribution is 0.222. The molecular weight excluding hydrogens is 414 g/mol. The molecule has 162 valence electrons. The Morgan fingerprint density at radius 2 is 1.57 bits per heavy atom. The molecule has 0 aliphatic heterocycles. The van der Waals surface area contributed by atoms with Crippen LogP contribution in [0.25, 0.3) is 22.3 Å². The number of phenolic OH excluding ortho intramolecular Hbond substituents is 4. The average molecular weight is 438 g/mol. The fraction of sp³-hybridized carbons (Fsp3) is 0.286. The molecule has 0 aliphatic rings. The van der Waals surface area contributed by atoms with Crippen LogP contribution in [0.2, 0.25) is 0 Å². The summed E-state index contributed by atoms with van der Waals surface area (Å²) in [5, 5.41) is 39.1. The molecule has 1 aromatic heterocycles. The van der Waals surface area contributed by atoms with Crippen molar-refractivity contribution in [1.29, 1.82) is 0 Å². The van der Waals surface area contributed by atoms with Crippen LogP contribution in [-0.4, -0.2) is 51.6 Å². The summed E-state index contributed by atoms with van der Waals surface area (Å²) in [4.78, 5) is 14.7. The summed E-state index contributed by atoms with van der Waals surface area (Å²) in [7, 11) is 0. The second kappa shape index (κ2) is 9.60. The zero-order valence-corrected chi connectivity index (χ0v) is 17.4. The van der Waals surface area contributed by atoms with Gasteiger partial charge in [0.1, 0.15) is 34.8 Å². The molecule has 0 saturated carbocycles. The van der Waals surface area contributed by atoms with E-state index in [1.165, 1.54) is 12.1 Å². The van der Waals surface area contributed by atoms with Crippen molar-refractivity contribution in [3.63, 3.8) is 0 Å². The number of benzene rings is 2. The van der Waals surface area contributed by atoms with Crippen LogP contribution in [-0.2, 0) is 0 Å². The molecule has 1 heterocycles. The highest BCUT2D eigenvalue weighted by Crippen LogP contribution is 2.39. The molecular formula is C21H24ClNO7. The Morgan fingerprint density at radius 3 is 2.17 bits per heavy atom. The molecule has 0 fully saturated rings. The van der Waals surface area contributed by atoms with Crippen LogP contribution in [0.3, 0.4) is 0 Å². The van der Waals surface area contributed by atoms with E-state index in [2.05, 4.69) is 18.7 Å². The minimum absolute atomic E-state index is 0. The smallest absolute Gasteiger partial charge is 0.200 e. The minimum atomic E-state index is -0.668. The molecule has 0 bridgehead atoms. The van der Waals surface area contributed by atoms with Gasteiger partial charge in [0, 0.05) is 30.3 Å². The van der Waals surface area contributed by atoms with Gasteiger partial charge in [0.05, 0.1) is 0 Å². The average Bonchev–Trinajstić information content (AvgIpc) is 2.68. The molecule has 8 nitrogen and oxygen atoms in total. The molecule has 0 aliphatic carbocycles. The van der Waals surface area contributed by atoms with E-state index in [9.17, 15) is 25.2 Å². The summed E-state index contributed by atoms with van der Waals surface area (Å²) < 4.78 is 11.4. The number of ether oxygens (including phenoxy) is 1. The van der Waals surface area contributed by atoms with Gasteiger partial charge in [0.25, 0.3) is 0 Å². The molecule has 4 N–H and O–H groups in total. The van der Waals surface area contributed by atoms with Crippen molar-refractivity contribution >= 4 is 23.4 Å². The monoisotopic (exact) mass is 437 g/mol. The Morgan fingerprint density at radius 1 is 0.933 bits per heavy atom. The van der Waals surface area contributed by atoms with Crippen LogP contribution in [0.1, 0.15) is 13.8 Å². The number of phenols is 4. The molecule has 0 amide bonds. The number of hydrogen-bond acceptors (Lipinski definition) is 8. The first-order valence-electron chi connectivity index (χ1n) is 9.25. The van der Waals surface area contributed by atoms with Crippen LogP contribution >= 0.6 is 12.4 Å². The zero-order chi connectivity index (χ0) is 21.1. The summed E-state index contributed by atoms with van der Waals surface area (Å²) in [5.74, 6) is -1.65. The van der Waals surface area contributed by atoms with E-state index in [4.69, 9.17) is 9.15 Å². The molecule has 2 aromatic carbocycles. The van der Waals surface area contributed by atoms with Gasteiger partial charge < -0.3 is 34.5 Å². The van der Waals surface area contributed by atoms with Crippen molar-refractivity contribution in [3.8, 4) is 40.1 Å². The zero-order valence-electron chi connectivity index (χ0n) is 16.6. The summed E-state index contributed by atoms with van der Waals surface area (Å²) >= 11 is 0. The summed E-state index contributed by atoms with van der Waals surface area (Å²) in [6, 6.07) is 6.31. The van der Waals surface area contributed by atoms with Gasteiger partial charge >= 0.3 is 0 Å². The van der Waals surface area contributed by atoms with Crippen molar-refractivity contribution < 1.29 is 29.6 Å². The van der Waals surface area contributed by atoms with Gasteiger partial charge in [-0.3, -0.25) is 4.79 Å². The van der Waals surface area contributed by atoms with Crippen LogP contribution in [0.5, 0.6) is 28.7 Å². The number of fused-ring (bicyclic) bond motifs is 1. The van der Waals surface area contributed by atoms with E-state index in [0.29, 0.717) is 18.9 Å². The molecule has 9 heteroatoms. The van der Waals surface area contributed by atoms with Crippen LogP contribution in [0, 0.1) is 0 Å². The molecule has 0 radical (unpaired) electrons. The van der Waals surface area contributed by atoms with E-state index in [1.807, 2.05) is 0 Å². The van der Waals surface area contributed by atoms with Crippen molar-refractivity contribution in [2.24, 2.45) is 0 Å². The first-order valence-corrected chi connectivity index (χ1v) is 9.25. The van der Waals surface area contributed by atoms with E-state index in [-0.39, 0.29) is 40.4 Å². The Labute approximate surface area is 179 Å². The van der Waals surface area contributed by atoms with E-state index in [1.54, 1.807) is 0 Å². The molecule has 0 atom stereocenters. The molecule has 3 rings (SSSR count). The van der Waals surface area contributed by atoms with Crippen molar-refractivity contribution in [2.75, 3.05) is 26.2 Å². The third-order valence-corrected chi connectivity index (χ3v) is 4.71. The minimum Gasteiger partial charge on any atom is -0.507 e. The van der Waals surface area contributed by atoms with Gasteiger partial charge in [-0.15, -0.1) is 12.4 Å². The molecule has 0 saturated heterocycles. The van der Waals surface area contributed by atoms with Gasteiger partial charge in [-0.25, -0.2) is 0 Å². The Balaban J connectivity index is 0.00000320. The van der Waals surface area contributed by atoms with Crippen molar-refractivity contribution in [3.05, 3.63) is 40.6 Å². The highest BCUT2D eigenvalue weighted by Gasteiger charge is 2.16. The van der Waals surface area contributed by atoms with Gasteiger partial charge in [-0.2, -0.15) is 0 Å². The number of rotatable bonds is 7. The summed E-state index contributed by atoms with van der Waals surface area (Å²) in [6.45, 7) is 7.01. The molecule has 30 heavy (non-hydrogen) atoms. The number of hydrogen-bond donors (Lipinski definition) is 4. The maximum Gasteiger partial charge on any atom is 0.200 e. The Kier molecular flexibility index (Phi) is 7.42. The number of nitrogens with zero attached hydrogens (tertiary/aromatic N) is 1. The largest absolute Gasteiger partial charge is 0.507 e. The first kappa shape index (κ1) is 23.2. The predicted octanol–water partition coefficient (Wildman–Crippen LogP) is 3.42. The highest BCUT2D eigenvalue weighted by atomic mass is 35.5. The maximum atomic E-state index is 12.5. The normalized spacial score (nSPS) is 10.9. The van der Waals surface area contributed by atoms with Crippen LogP contribution < -0.4 is 10.2 Å². The van der Waals surface area contributed by atoms with Crippen LogP contribution in [0.4, 0.5) is 0 Å². The lowest BCUT2D eigenvalue weighted by Gasteiger charge is -2.18. The van der Waals surface area contributed by atoms with Crippen LogP contribution in [0.15, 0.2) is 39.5 Å². The van der Waals surface area contributed by atoms with Gasteiger partial charge in [-0.1, -0.05) is 13.8 Å². The number of halogens is 1. The predicted molar refractivity (Wildman–Crippen MR) is 115 cm³/mol. The first-order chi connectivity index (χ1) is 13.8. The lowest BCUT2D eigenvalue weighted by atomic mass is 10.1. The second-order valence-electron chi connectivity index (χ2n) is 6.53. The highest BCUT2D eigenvalue weighted by molar-refractivity contribution is 5.86. The lowest BCUT2D eigenvalue weighted by Crippen LogP contribution is -2.27. The van der Waals surface area contributed by atoms with E-state index >= 15 is 0 Å². The molecule has 0 unspecified atom stereocenters.